The molecule has 4 nitrogen and oxygen atoms in total. The third-order valence-electron chi connectivity index (χ3n) is 4.23. The molecule has 1 saturated carbocycles. The van der Waals surface area contributed by atoms with Crippen LogP contribution in [0.1, 0.15) is 23.2 Å². The van der Waals surface area contributed by atoms with Gasteiger partial charge in [0, 0.05) is 31.5 Å². The van der Waals surface area contributed by atoms with Gasteiger partial charge in [-0.2, -0.15) is 0 Å². The predicted octanol–water partition coefficient (Wildman–Crippen LogP) is 3.36. The fourth-order valence-corrected chi connectivity index (χ4v) is 3.22. The van der Waals surface area contributed by atoms with Crippen molar-refractivity contribution in [3.8, 4) is 0 Å². The Morgan fingerprint density at radius 2 is 1.91 bits per heavy atom. The number of benzene rings is 1. The molecular weight excluding hydrogens is 298 g/mol. The zero-order valence-corrected chi connectivity index (χ0v) is 12.8. The van der Waals surface area contributed by atoms with Gasteiger partial charge < -0.3 is 9.80 Å². The maximum atomic E-state index is 12.8. The molecule has 2 heterocycles. The Hall–Kier alpha value is -2.07. The molecule has 0 spiro atoms. The van der Waals surface area contributed by atoms with Crippen molar-refractivity contribution in [3.63, 3.8) is 0 Å². The molecular formula is C17H16ClN3O. The highest BCUT2D eigenvalue weighted by Gasteiger charge is 2.35. The first kappa shape index (κ1) is 13.6. The van der Waals surface area contributed by atoms with Crippen LogP contribution in [0.15, 0.2) is 42.7 Å². The standard InChI is InChI=1S/C17H16ClN3O/c18-13-9-12(10-19-11-13)17(22)21-8-7-20(14-5-6-14)15-3-1-2-4-16(15)21/h1-4,9-11,14H,5-8H2. The number of rotatable bonds is 2. The number of nitrogens with zero attached hydrogens (tertiary/aromatic N) is 3. The summed E-state index contributed by atoms with van der Waals surface area (Å²) in [5, 5.41) is 0.482. The Morgan fingerprint density at radius 3 is 2.64 bits per heavy atom. The van der Waals surface area contributed by atoms with Crippen molar-refractivity contribution >= 4 is 28.9 Å². The molecule has 0 N–H and O–H groups in total. The summed E-state index contributed by atoms with van der Waals surface area (Å²) in [6.07, 6.45) is 5.61. The lowest BCUT2D eigenvalue weighted by Crippen LogP contribution is -2.45. The highest BCUT2D eigenvalue weighted by Crippen LogP contribution is 2.40. The fraction of sp³-hybridized carbons (Fsp3) is 0.294. The summed E-state index contributed by atoms with van der Waals surface area (Å²) in [6, 6.07) is 10.4. The average molecular weight is 314 g/mol. The number of para-hydroxylation sites is 2. The van der Waals surface area contributed by atoms with Crippen LogP contribution >= 0.6 is 11.6 Å². The molecule has 0 bridgehead atoms. The third-order valence-corrected chi connectivity index (χ3v) is 4.44. The van der Waals surface area contributed by atoms with Gasteiger partial charge in [-0.05, 0) is 31.0 Å². The number of halogens is 1. The van der Waals surface area contributed by atoms with Crippen molar-refractivity contribution in [2.45, 2.75) is 18.9 Å². The molecule has 0 atom stereocenters. The number of pyridine rings is 1. The van der Waals surface area contributed by atoms with Crippen LogP contribution in [0.25, 0.3) is 0 Å². The molecule has 22 heavy (non-hydrogen) atoms. The molecule has 2 aliphatic rings. The summed E-state index contributed by atoms with van der Waals surface area (Å²) in [6.45, 7) is 1.57. The topological polar surface area (TPSA) is 36.4 Å². The van der Waals surface area contributed by atoms with E-state index in [0.717, 1.165) is 17.9 Å². The summed E-state index contributed by atoms with van der Waals surface area (Å²) in [4.78, 5) is 21.1. The molecule has 0 unspecified atom stereocenters. The van der Waals surface area contributed by atoms with Gasteiger partial charge in [-0.3, -0.25) is 9.78 Å². The van der Waals surface area contributed by atoms with E-state index in [0.29, 0.717) is 23.2 Å². The number of carbonyl (C=O) groups is 1. The molecule has 2 aromatic rings. The summed E-state index contributed by atoms with van der Waals surface area (Å²) in [5.74, 6) is -0.0436. The van der Waals surface area contributed by atoms with Crippen molar-refractivity contribution < 1.29 is 4.79 Å². The number of amides is 1. The summed E-state index contributed by atoms with van der Waals surface area (Å²) in [5.41, 5.74) is 2.66. The Balaban J connectivity index is 1.70. The minimum absolute atomic E-state index is 0.0436. The molecule has 5 heteroatoms. The third kappa shape index (κ3) is 2.33. The monoisotopic (exact) mass is 313 g/mol. The largest absolute Gasteiger partial charge is 0.365 e. The van der Waals surface area contributed by atoms with Crippen LogP contribution in [0.4, 0.5) is 11.4 Å². The zero-order valence-electron chi connectivity index (χ0n) is 12.1. The van der Waals surface area contributed by atoms with Gasteiger partial charge in [0.25, 0.3) is 5.91 Å². The van der Waals surface area contributed by atoms with Crippen LogP contribution in [-0.2, 0) is 0 Å². The van der Waals surface area contributed by atoms with E-state index in [2.05, 4.69) is 16.0 Å². The van der Waals surface area contributed by atoms with E-state index in [1.807, 2.05) is 23.1 Å². The lowest BCUT2D eigenvalue weighted by molar-refractivity contribution is 0.0986. The van der Waals surface area contributed by atoms with Crippen molar-refractivity contribution in [2.24, 2.45) is 0 Å². The quantitative estimate of drug-likeness (QED) is 0.853. The number of carbonyl (C=O) groups excluding carboxylic acids is 1. The minimum atomic E-state index is -0.0436. The van der Waals surface area contributed by atoms with E-state index in [9.17, 15) is 4.79 Å². The van der Waals surface area contributed by atoms with Crippen LogP contribution in [0.2, 0.25) is 5.02 Å². The van der Waals surface area contributed by atoms with Gasteiger partial charge in [0.05, 0.1) is 22.0 Å². The lowest BCUT2D eigenvalue weighted by Gasteiger charge is -2.38. The number of hydrogen-bond donors (Lipinski definition) is 0. The van der Waals surface area contributed by atoms with E-state index in [1.54, 1.807) is 12.3 Å². The van der Waals surface area contributed by atoms with Gasteiger partial charge in [-0.25, -0.2) is 0 Å². The first-order valence-electron chi connectivity index (χ1n) is 7.52. The van der Waals surface area contributed by atoms with Crippen molar-refractivity contribution in [1.82, 2.24) is 4.98 Å². The second kappa shape index (κ2) is 5.29. The lowest BCUT2D eigenvalue weighted by atomic mass is 10.1. The number of fused-ring (bicyclic) bond motifs is 1. The van der Waals surface area contributed by atoms with Crippen LogP contribution in [-0.4, -0.2) is 30.0 Å². The normalized spacial score (nSPS) is 17.3. The van der Waals surface area contributed by atoms with E-state index < -0.39 is 0 Å². The van der Waals surface area contributed by atoms with Gasteiger partial charge >= 0.3 is 0 Å². The first-order chi connectivity index (χ1) is 10.7. The second-order valence-corrected chi connectivity index (χ2v) is 6.20. The smallest absolute Gasteiger partial charge is 0.260 e. The summed E-state index contributed by atoms with van der Waals surface area (Å²) >= 11 is 5.96. The zero-order chi connectivity index (χ0) is 15.1. The molecule has 1 aliphatic carbocycles. The second-order valence-electron chi connectivity index (χ2n) is 5.76. The SMILES string of the molecule is O=C(c1cncc(Cl)c1)N1CCN(C2CC2)c2ccccc21. The van der Waals surface area contributed by atoms with Crippen molar-refractivity contribution in [3.05, 3.63) is 53.3 Å². The van der Waals surface area contributed by atoms with Crippen LogP contribution in [0.3, 0.4) is 0 Å². The van der Waals surface area contributed by atoms with Gasteiger partial charge in [0.15, 0.2) is 0 Å². The number of hydrogen-bond acceptors (Lipinski definition) is 3. The molecule has 1 aromatic carbocycles. The summed E-state index contributed by atoms with van der Waals surface area (Å²) < 4.78 is 0. The van der Waals surface area contributed by atoms with Crippen LogP contribution in [0, 0.1) is 0 Å². The highest BCUT2D eigenvalue weighted by molar-refractivity contribution is 6.31. The van der Waals surface area contributed by atoms with E-state index in [-0.39, 0.29) is 5.91 Å². The Morgan fingerprint density at radius 1 is 1.14 bits per heavy atom. The minimum Gasteiger partial charge on any atom is -0.365 e. The summed E-state index contributed by atoms with van der Waals surface area (Å²) in [7, 11) is 0. The maximum absolute atomic E-state index is 12.8. The highest BCUT2D eigenvalue weighted by atomic mass is 35.5. The molecule has 0 radical (unpaired) electrons. The predicted molar refractivity (Wildman–Crippen MR) is 87.7 cm³/mol. The Bertz CT molecular complexity index is 729. The molecule has 0 saturated heterocycles. The van der Waals surface area contributed by atoms with Crippen LogP contribution < -0.4 is 9.80 Å². The maximum Gasteiger partial charge on any atom is 0.260 e. The molecule has 4 rings (SSSR count). The Labute approximate surface area is 134 Å². The van der Waals surface area contributed by atoms with Crippen molar-refractivity contribution in [1.29, 1.82) is 0 Å². The van der Waals surface area contributed by atoms with E-state index in [4.69, 9.17) is 11.6 Å². The van der Waals surface area contributed by atoms with Gasteiger partial charge in [0.2, 0.25) is 0 Å². The Kier molecular flexibility index (Phi) is 3.26. The van der Waals surface area contributed by atoms with Gasteiger partial charge in [0.1, 0.15) is 0 Å². The molecule has 112 valence electrons. The molecule has 1 amide bonds. The number of anilines is 2. The molecule has 1 aliphatic heterocycles. The first-order valence-corrected chi connectivity index (χ1v) is 7.90. The number of aromatic nitrogens is 1. The van der Waals surface area contributed by atoms with Crippen LogP contribution in [0.5, 0.6) is 0 Å². The van der Waals surface area contributed by atoms with E-state index in [1.165, 1.54) is 19.0 Å². The van der Waals surface area contributed by atoms with Gasteiger partial charge in [-0.15, -0.1) is 0 Å². The van der Waals surface area contributed by atoms with Crippen molar-refractivity contribution in [2.75, 3.05) is 22.9 Å². The average Bonchev–Trinajstić information content (AvgIpc) is 3.38. The molecule has 1 aromatic heterocycles. The van der Waals surface area contributed by atoms with E-state index >= 15 is 0 Å². The fourth-order valence-electron chi connectivity index (χ4n) is 3.05. The van der Waals surface area contributed by atoms with Gasteiger partial charge in [-0.1, -0.05) is 23.7 Å². The molecule has 1 fully saturated rings.